The van der Waals surface area contributed by atoms with Crippen molar-refractivity contribution in [3.05, 3.63) is 94.6 Å². The Balaban J connectivity index is 1.93. The van der Waals surface area contributed by atoms with Crippen LogP contribution in [0.15, 0.2) is 72.3 Å². The molecule has 3 aromatic rings. The number of phenolic OH excluding ortho intramolecular Hbond substituents is 1. The number of aromatic hydroxyl groups is 1. The Morgan fingerprint density at radius 1 is 1.00 bits per heavy atom. The first-order valence-corrected chi connectivity index (χ1v) is 11.1. The van der Waals surface area contributed by atoms with E-state index < -0.39 is 17.7 Å². The first-order valence-electron chi connectivity index (χ1n) is 11.1. The molecule has 1 saturated heterocycles. The molecule has 0 aliphatic carbocycles. The van der Waals surface area contributed by atoms with E-state index in [0.717, 1.165) is 5.56 Å². The van der Waals surface area contributed by atoms with Gasteiger partial charge in [0.2, 0.25) is 0 Å². The predicted octanol–water partition coefficient (Wildman–Crippen LogP) is 5.46. The largest absolute Gasteiger partial charge is 0.508 e. The maximum Gasteiger partial charge on any atom is 0.300 e. The van der Waals surface area contributed by atoms with Crippen LogP contribution in [-0.2, 0) is 9.59 Å². The lowest BCUT2D eigenvalue weighted by Gasteiger charge is -2.26. The molecule has 1 fully saturated rings. The monoisotopic (exact) mass is 457 g/mol. The average Bonchev–Trinajstić information content (AvgIpc) is 3.09. The second kappa shape index (κ2) is 9.06. The van der Waals surface area contributed by atoms with Crippen molar-refractivity contribution in [2.24, 2.45) is 0 Å². The van der Waals surface area contributed by atoms with E-state index in [0.29, 0.717) is 34.0 Å². The molecule has 1 atom stereocenters. The van der Waals surface area contributed by atoms with Gasteiger partial charge in [-0.1, -0.05) is 38.1 Å². The van der Waals surface area contributed by atoms with Crippen molar-refractivity contribution in [3.8, 4) is 11.5 Å². The molecule has 3 aromatic carbocycles. The number of carbonyl (C=O) groups is 2. The Hall–Kier alpha value is -4.06. The Labute approximate surface area is 198 Å². The van der Waals surface area contributed by atoms with Crippen molar-refractivity contribution in [2.75, 3.05) is 12.0 Å². The molecule has 0 bridgehead atoms. The third kappa shape index (κ3) is 4.03. The lowest BCUT2D eigenvalue weighted by atomic mass is 9.93. The Morgan fingerprint density at radius 2 is 1.71 bits per heavy atom. The zero-order valence-electron chi connectivity index (χ0n) is 19.6. The van der Waals surface area contributed by atoms with Gasteiger partial charge in [0, 0.05) is 11.3 Å². The van der Waals surface area contributed by atoms with Gasteiger partial charge in [0.15, 0.2) is 0 Å². The Kier molecular flexibility index (Phi) is 6.16. The summed E-state index contributed by atoms with van der Waals surface area (Å²) in [6.45, 7) is 5.94. The molecule has 0 radical (unpaired) electrons. The first-order chi connectivity index (χ1) is 16.2. The van der Waals surface area contributed by atoms with Gasteiger partial charge in [0.05, 0.1) is 18.7 Å². The van der Waals surface area contributed by atoms with Crippen molar-refractivity contribution in [1.29, 1.82) is 0 Å². The molecule has 1 aliphatic heterocycles. The molecule has 1 unspecified atom stereocenters. The van der Waals surface area contributed by atoms with Crippen LogP contribution in [0.5, 0.6) is 11.5 Å². The number of hydrogen-bond acceptors (Lipinski definition) is 5. The zero-order valence-corrected chi connectivity index (χ0v) is 19.6. The van der Waals surface area contributed by atoms with E-state index in [1.54, 1.807) is 56.5 Å². The number of aliphatic hydroxyl groups excluding tert-OH is 1. The van der Waals surface area contributed by atoms with Gasteiger partial charge in [-0.2, -0.15) is 0 Å². The molecule has 0 saturated carbocycles. The number of aryl methyl sites for hydroxylation is 1. The summed E-state index contributed by atoms with van der Waals surface area (Å²) in [6.07, 6.45) is 0. The highest BCUT2D eigenvalue weighted by Gasteiger charge is 2.47. The Morgan fingerprint density at radius 3 is 2.29 bits per heavy atom. The summed E-state index contributed by atoms with van der Waals surface area (Å²) in [7, 11) is 1.55. The van der Waals surface area contributed by atoms with Gasteiger partial charge in [-0.05, 0) is 72.0 Å². The highest BCUT2D eigenvalue weighted by Crippen LogP contribution is 2.43. The predicted molar refractivity (Wildman–Crippen MR) is 131 cm³/mol. The van der Waals surface area contributed by atoms with Crippen LogP contribution in [0.25, 0.3) is 5.76 Å². The third-order valence-corrected chi connectivity index (χ3v) is 6.16. The molecule has 1 amide bonds. The molecular formula is C28H27NO5. The van der Waals surface area contributed by atoms with Crippen LogP contribution in [0.1, 0.15) is 48.1 Å². The molecule has 2 N–H and O–H groups in total. The zero-order chi connectivity index (χ0) is 24.6. The molecule has 0 aromatic heterocycles. The summed E-state index contributed by atoms with van der Waals surface area (Å²) in [4.78, 5) is 27.9. The summed E-state index contributed by atoms with van der Waals surface area (Å²) in [5.74, 6) is -0.868. The minimum atomic E-state index is -0.904. The first kappa shape index (κ1) is 23.1. The quantitative estimate of drug-likeness (QED) is 0.302. The van der Waals surface area contributed by atoms with E-state index >= 15 is 0 Å². The van der Waals surface area contributed by atoms with Gasteiger partial charge in [-0.15, -0.1) is 0 Å². The average molecular weight is 458 g/mol. The SMILES string of the molecule is COc1ccc(/C(O)=C2/C(=O)C(=O)N(c3ccc(C(C)C)cc3)C2c2cccc(O)c2)c(C)c1. The number of rotatable bonds is 5. The minimum absolute atomic E-state index is 0.00104. The van der Waals surface area contributed by atoms with E-state index in [4.69, 9.17) is 4.74 Å². The van der Waals surface area contributed by atoms with Gasteiger partial charge in [-0.3, -0.25) is 14.5 Å². The number of carbonyl (C=O) groups excluding carboxylic acids is 2. The number of ether oxygens (including phenoxy) is 1. The van der Waals surface area contributed by atoms with Crippen molar-refractivity contribution in [3.63, 3.8) is 0 Å². The highest BCUT2D eigenvalue weighted by atomic mass is 16.5. The van der Waals surface area contributed by atoms with Crippen LogP contribution in [0.3, 0.4) is 0 Å². The van der Waals surface area contributed by atoms with Crippen molar-refractivity contribution >= 4 is 23.1 Å². The summed E-state index contributed by atoms with van der Waals surface area (Å²) in [6, 6.07) is 18.0. The number of benzene rings is 3. The van der Waals surface area contributed by atoms with E-state index in [-0.39, 0.29) is 17.1 Å². The molecule has 0 spiro atoms. The van der Waals surface area contributed by atoms with Crippen molar-refractivity contribution in [2.45, 2.75) is 32.7 Å². The summed E-state index contributed by atoms with van der Waals surface area (Å²) in [5, 5.41) is 21.4. The number of methoxy groups -OCH3 is 1. The highest BCUT2D eigenvalue weighted by molar-refractivity contribution is 6.51. The van der Waals surface area contributed by atoms with Gasteiger partial charge < -0.3 is 14.9 Å². The molecule has 4 rings (SSSR count). The van der Waals surface area contributed by atoms with Crippen LogP contribution in [0.2, 0.25) is 0 Å². The number of phenols is 1. The van der Waals surface area contributed by atoms with Crippen molar-refractivity contribution in [1.82, 2.24) is 0 Å². The lowest BCUT2D eigenvalue weighted by molar-refractivity contribution is -0.132. The summed E-state index contributed by atoms with van der Waals surface area (Å²) >= 11 is 0. The number of aliphatic hydroxyl groups is 1. The number of Topliss-reactive ketones (excluding diaryl/α,β-unsaturated/α-hetero) is 1. The number of hydrogen-bond donors (Lipinski definition) is 2. The van der Waals surface area contributed by atoms with E-state index in [2.05, 4.69) is 13.8 Å². The van der Waals surface area contributed by atoms with Crippen molar-refractivity contribution < 1.29 is 24.5 Å². The minimum Gasteiger partial charge on any atom is -0.508 e. The normalized spacial score (nSPS) is 17.4. The van der Waals surface area contributed by atoms with Gasteiger partial charge >= 0.3 is 0 Å². The molecule has 174 valence electrons. The molecular weight excluding hydrogens is 430 g/mol. The lowest BCUT2D eigenvalue weighted by Crippen LogP contribution is -2.29. The number of ketones is 1. The third-order valence-electron chi connectivity index (χ3n) is 6.16. The van der Waals surface area contributed by atoms with Gasteiger partial charge in [0.25, 0.3) is 11.7 Å². The second-order valence-electron chi connectivity index (χ2n) is 8.69. The smallest absolute Gasteiger partial charge is 0.300 e. The molecule has 6 heteroatoms. The van der Waals surface area contributed by atoms with Crippen LogP contribution >= 0.6 is 0 Å². The fourth-order valence-corrected chi connectivity index (χ4v) is 4.30. The number of nitrogens with zero attached hydrogens (tertiary/aromatic N) is 1. The van der Waals surface area contributed by atoms with Crippen LogP contribution < -0.4 is 9.64 Å². The maximum absolute atomic E-state index is 13.3. The standard InChI is InChI=1S/C28H27NO5/c1-16(2)18-8-10-20(11-9-18)29-25(19-6-5-7-21(30)15-19)24(27(32)28(29)33)26(31)23-13-12-22(34-4)14-17(23)3/h5-16,25,30-31H,1-4H3/b26-24-. The second-order valence-corrected chi connectivity index (χ2v) is 8.69. The number of amides is 1. The van der Waals surface area contributed by atoms with Gasteiger partial charge in [0.1, 0.15) is 17.3 Å². The fraction of sp³-hybridized carbons (Fsp3) is 0.214. The topological polar surface area (TPSA) is 87.1 Å². The molecule has 1 aliphatic rings. The maximum atomic E-state index is 13.3. The van der Waals surface area contributed by atoms with Crippen LogP contribution in [0, 0.1) is 6.92 Å². The van der Waals surface area contributed by atoms with E-state index in [1.165, 1.54) is 17.0 Å². The Bertz CT molecular complexity index is 1290. The molecule has 6 nitrogen and oxygen atoms in total. The fourth-order valence-electron chi connectivity index (χ4n) is 4.30. The van der Waals surface area contributed by atoms with E-state index in [9.17, 15) is 19.8 Å². The van der Waals surface area contributed by atoms with E-state index in [1.807, 2.05) is 12.1 Å². The van der Waals surface area contributed by atoms with Crippen LogP contribution in [-0.4, -0.2) is 29.0 Å². The number of anilines is 1. The molecule has 34 heavy (non-hydrogen) atoms. The summed E-state index contributed by atoms with van der Waals surface area (Å²) < 4.78 is 5.24. The summed E-state index contributed by atoms with van der Waals surface area (Å²) in [5.41, 5.74) is 3.24. The van der Waals surface area contributed by atoms with Gasteiger partial charge in [-0.25, -0.2) is 0 Å². The molecule has 1 heterocycles. The van der Waals surface area contributed by atoms with Crippen LogP contribution in [0.4, 0.5) is 5.69 Å².